The third kappa shape index (κ3) is 6.16. The molecule has 0 aliphatic rings. The average molecular weight is 504 g/mol. The van der Waals surface area contributed by atoms with Gasteiger partial charge in [0, 0.05) is 17.5 Å². The Bertz CT molecular complexity index is 1240. The van der Waals surface area contributed by atoms with Crippen molar-refractivity contribution >= 4 is 45.3 Å². The minimum absolute atomic E-state index is 0.0395. The molecule has 9 nitrogen and oxygen atoms in total. The molecule has 0 aliphatic carbocycles. The first-order valence-corrected chi connectivity index (χ1v) is 11.7. The van der Waals surface area contributed by atoms with Gasteiger partial charge in [-0.2, -0.15) is 0 Å². The second kappa shape index (κ2) is 9.81. The SMILES string of the molecule is Nc1nnc(CN(Cc2ccc(S(N)(=O)=O)cc2)C(=O)CSc2cc(F)cc(F)c2Cl)o1. The highest BCUT2D eigenvalue weighted by Gasteiger charge is 2.20. The molecule has 0 spiro atoms. The van der Waals surface area contributed by atoms with Crippen molar-refractivity contribution in [1.82, 2.24) is 15.1 Å². The van der Waals surface area contributed by atoms with E-state index in [4.69, 9.17) is 26.9 Å². The minimum Gasteiger partial charge on any atom is -0.406 e. The number of carbonyl (C=O) groups excluding carboxylic acids is 1. The fourth-order valence-corrected chi connectivity index (χ4v) is 4.27. The molecule has 0 aliphatic heterocycles. The number of amides is 1. The molecule has 0 saturated heterocycles. The average Bonchev–Trinajstić information content (AvgIpc) is 3.13. The van der Waals surface area contributed by atoms with Gasteiger partial charge in [0.25, 0.3) is 0 Å². The number of sulfonamides is 1. The third-order valence-electron chi connectivity index (χ3n) is 4.10. The number of anilines is 1. The van der Waals surface area contributed by atoms with Crippen LogP contribution < -0.4 is 10.9 Å². The van der Waals surface area contributed by atoms with Gasteiger partial charge in [-0.25, -0.2) is 22.3 Å². The molecule has 0 saturated carbocycles. The Kier molecular flexibility index (Phi) is 7.33. The van der Waals surface area contributed by atoms with Crippen LogP contribution in [-0.2, 0) is 27.9 Å². The summed E-state index contributed by atoms with van der Waals surface area (Å²) in [4.78, 5) is 14.2. The molecular formula is C18H16ClF2N5O4S2. The van der Waals surface area contributed by atoms with Crippen LogP contribution in [0.5, 0.6) is 0 Å². The van der Waals surface area contributed by atoms with Gasteiger partial charge in [-0.3, -0.25) is 4.79 Å². The standard InChI is InChI=1S/C18H16ClF2N5O4S2/c19-17-13(21)5-11(20)6-14(17)31-9-16(27)26(8-15-24-25-18(22)30-15)7-10-1-3-12(4-2-10)32(23,28)29/h1-6H,7-9H2,(H2,22,25)(H2,23,28,29). The zero-order chi connectivity index (χ0) is 23.5. The van der Waals surface area contributed by atoms with Gasteiger partial charge in [-0.1, -0.05) is 28.8 Å². The number of primary sulfonamides is 1. The van der Waals surface area contributed by atoms with Gasteiger partial charge >= 0.3 is 6.01 Å². The van der Waals surface area contributed by atoms with E-state index in [1.165, 1.54) is 29.2 Å². The van der Waals surface area contributed by atoms with Gasteiger partial charge in [0.2, 0.25) is 21.8 Å². The first kappa shape index (κ1) is 23.9. The molecule has 4 N–H and O–H groups in total. The van der Waals surface area contributed by atoms with Crippen LogP contribution in [0.2, 0.25) is 5.02 Å². The van der Waals surface area contributed by atoms with Crippen molar-refractivity contribution in [3.8, 4) is 0 Å². The zero-order valence-electron chi connectivity index (χ0n) is 16.2. The number of carbonyl (C=O) groups is 1. The lowest BCUT2D eigenvalue weighted by Crippen LogP contribution is -2.31. The smallest absolute Gasteiger partial charge is 0.312 e. The topological polar surface area (TPSA) is 145 Å². The maximum atomic E-state index is 13.6. The third-order valence-corrected chi connectivity index (χ3v) is 6.55. The summed E-state index contributed by atoms with van der Waals surface area (Å²) >= 11 is 6.70. The lowest BCUT2D eigenvalue weighted by Gasteiger charge is -2.21. The fourth-order valence-electron chi connectivity index (χ4n) is 2.60. The summed E-state index contributed by atoms with van der Waals surface area (Å²) in [5.74, 6) is -2.34. The Balaban J connectivity index is 1.78. The summed E-state index contributed by atoms with van der Waals surface area (Å²) in [5, 5.41) is 12.1. The normalized spacial score (nSPS) is 11.5. The van der Waals surface area contributed by atoms with Crippen LogP contribution in [0.25, 0.3) is 0 Å². The van der Waals surface area contributed by atoms with Crippen LogP contribution in [0.1, 0.15) is 11.5 Å². The van der Waals surface area contributed by atoms with Crippen molar-refractivity contribution in [3.63, 3.8) is 0 Å². The summed E-state index contributed by atoms with van der Waals surface area (Å²) in [6.45, 7) is -0.0659. The predicted molar refractivity (Wildman–Crippen MR) is 113 cm³/mol. The van der Waals surface area contributed by atoms with Gasteiger partial charge < -0.3 is 15.1 Å². The van der Waals surface area contributed by atoms with Gasteiger partial charge in [0.15, 0.2) is 0 Å². The number of rotatable bonds is 8. The number of nitrogens with two attached hydrogens (primary N) is 2. The first-order chi connectivity index (χ1) is 15.0. The molecule has 0 bridgehead atoms. The maximum absolute atomic E-state index is 13.6. The maximum Gasteiger partial charge on any atom is 0.312 e. The van der Waals surface area contributed by atoms with Crippen molar-refractivity contribution < 1.29 is 26.4 Å². The lowest BCUT2D eigenvalue weighted by molar-refractivity contribution is -0.129. The molecule has 0 atom stereocenters. The quantitative estimate of drug-likeness (QED) is 0.352. The van der Waals surface area contributed by atoms with E-state index in [0.29, 0.717) is 11.6 Å². The summed E-state index contributed by atoms with van der Waals surface area (Å²) in [6.07, 6.45) is 0. The molecule has 1 amide bonds. The van der Waals surface area contributed by atoms with Gasteiger partial charge in [-0.15, -0.1) is 16.9 Å². The summed E-state index contributed by atoms with van der Waals surface area (Å²) in [6, 6.07) is 7.09. The van der Waals surface area contributed by atoms with Crippen LogP contribution in [0.3, 0.4) is 0 Å². The summed E-state index contributed by atoms with van der Waals surface area (Å²) in [7, 11) is -3.87. The van der Waals surface area contributed by atoms with Crippen molar-refractivity contribution in [3.05, 3.63) is 64.5 Å². The molecule has 0 radical (unpaired) electrons. The number of aromatic nitrogens is 2. The van der Waals surface area contributed by atoms with E-state index in [-0.39, 0.29) is 45.6 Å². The molecule has 0 unspecified atom stereocenters. The molecule has 2 aromatic carbocycles. The van der Waals surface area contributed by atoms with E-state index in [1.54, 1.807) is 0 Å². The monoisotopic (exact) mass is 503 g/mol. The van der Waals surface area contributed by atoms with Gasteiger partial charge in [0.1, 0.15) is 11.6 Å². The van der Waals surface area contributed by atoms with Crippen LogP contribution in [0, 0.1) is 11.6 Å². The van der Waals surface area contributed by atoms with Crippen molar-refractivity contribution in [1.29, 1.82) is 0 Å². The highest BCUT2D eigenvalue weighted by molar-refractivity contribution is 8.00. The molecule has 14 heteroatoms. The second-order valence-electron chi connectivity index (χ2n) is 6.46. The van der Waals surface area contributed by atoms with Crippen molar-refractivity contribution in [2.45, 2.75) is 22.9 Å². The Morgan fingerprint density at radius 1 is 1.16 bits per heavy atom. The molecule has 3 aromatic rings. The number of benzene rings is 2. The molecule has 1 aromatic heterocycles. The van der Waals surface area contributed by atoms with E-state index in [9.17, 15) is 22.0 Å². The molecule has 1 heterocycles. The van der Waals surface area contributed by atoms with E-state index >= 15 is 0 Å². The Hall–Kier alpha value is -2.74. The van der Waals surface area contributed by atoms with Crippen molar-refractivity contribution in [2.24, 2.45) is 5.14 Å². The summed E-state index contributed by atoms with van der Waals surface area (Å²) in [5.41, 5.74) is 6.00. The van der Waals surface area contributed by atoms with E-state index < -0.39 is 27.6 Å². The zero-order valence-corrected chi connectivity index (χ0v) is 18.6. The van der Waals surface area contributed by atoms with Crippen LogP contribution in [0.15, 0.2) is 50.6 Å². The Labute approximate surface area is 190 Å². The molecule has 32 heavy (non-hydrogen) atoms. The molecule has 3 rings (SSSR count). The van der Waals surface area contributed by atoms with Crippen LogP contribution in [-0.4, -0.2) is 35.2 Å². The minimum atomic E-state index is -3.87. The lowest BCUT2D eigenvalue weighted by atomic mass is 10.2. The second-order valence-corrected chi connectivity index (χ2v) is 9.42. The van der Waals surface area contributed by atoms with E-state index in [2.05, 4.69) is 10.2 Å². The van der Waals surface area contributed by atoms with E-state index in [0.717, 1.165) is 17.8 Å². The first-order valence-electron chi connectivity index (χ1n) is 8.77. The highest BCUT2D eigenvalue weighted by Crippen LogP contribution is 2.31. The summed E-state index contributed by atoms with van der Waals surface area (Å²) < 4.78 is 55.1. The van der Waals surface area contributed by atoms with E-state index in [1.807, 2.05) is 0 Å². The Morgan fingerprint density at radius 3 is 2.44 bits per heavy atom. The number of nitrogen functional groups attached to an aromatic ring is 1. The number of halogens is 3. The number of hydrogen-bond donors (Lipinski definition) is 2. The number of thioether (sulfide) groups is 1. The number of hydrogen-bond acceptors (Lipinski definition) is 8. The molecular weight excluding hydrogens is 488 g/mol. The molecule has 0 fully saturated rings. The van der Waals surface area contributed by atoms with Crippen LogP contribution in [0.4, 0.5) is 14.8 Å². The van der Waals surface area contributed by atoms with Gasteiger partial charge in [-0.05, 0) is 23.8 Å². The fraction of sp³-hybridized carbons (Fsp3) is 0.167. The van der Waals surface area contributed by atoms with Crippen LogP contribution >= 0.6 is 23.4 Å². The van der Waals surface area contributed by atoms with Crippen molar-refractivity contribution in [2.75, 3.05) is 11.5 Å². The largest absolute Gasteiger partial charge is 0.406 e. The van der Waals surface area contributed by atoms with Gasteiger partial charge in [0.05, 0.1) is 22.2 Å². The Morgan fingerprint density at radius 2 is 1.84 bits per heavy atom. The highest BCUT2D eigenvalue weighted by atomic mass is 35.5. The molecule has 170 valence electrons. The predicted octanol–water partition coefficient (Wildman–Crippen LogP) is 2.55. The number of nitrogens with zero attached hydrogens (tertiary/aromatic N) is 3.